The van der Waals surface area contributed by atoms with Gasteiger partial charge in [0.2, 0.25) is 16.9 Å². The maximum absolute atomic E-state index is 12.8. The van der Waals surface area contributed by atoms with Crippen molar-refractivity contribution in [1.82, 2.24) is 0 Å². The van der Waals surface area contributed by atoms with Gasteiger partial charge in [0.25, 0.3) is 0 Å². The minimum atomic E-state index is -0.567. The van der Waals surface area contributed by atoms with Crippen LogP contribution in [0.2, 0.25) is 0 Å². The van der Waals surface area contributed by atoms with Gasteiger partial charge in [0.05, 0.1) is 28.4 Å². The first kappa shape index (κ1) is 18.2. The molecule has 8 nitrogen and oxygen atoms in total. The van der Waals surface area contributed by atoms with Crippen molar-refractivity contribution in [3.63, 3.8) is 0 Å². The van der Waals surface area contributed by atoms with Crippen LogP contribution in [0.5, 0.6) is 34.5 Å². The highest BCUT2D eigenvalue weighted by Gasteiger charge is 2.22. The molecule has 8 heteroatoms. The number of ether oxygens (including phenoxy) is 4. The number of rotatable bonds is 5. The number of hydrogen-bond acceptors (Lipinski definition) is 8. The van der Waals surface area contributed by atoms with E-state index in [1.807, 2.05) is 0 Å². The molecule has 0 fully saturated rings. The molecule has 0 radical (unpaired) electrons. The molecule has 1 aromatic heterocycles. The summed E-state index contributed by atoms with van der Waals surface area (Å²) in [5.41, 5.74) is -0.145. The fourth-order valence-electron chi connectivity index (χ4n) is 2.83. The lowest BCUT2D eigenvalue weighted by molar-refractivity contribution is 0.333. The van der Waals surface area contributed by atoms with Gasteiger partial charge in [0, 0.05) is 17.7 Å². The van der Waals surface area contributed by atoms with Crippen LogP contribution in [0.15, 0.2) is 33.5 Å². The Kier molecular flexibility index (Phi) is 4.72. The topological polar surface area (TPSA) is 108 Å². The van der Waals surface area contributed by atoms with Gasteiger partial charge in [0.15, 0.2) is 17.3 Å². The molecule has 1 heterocycles. The smallest absolute Gasteiger partial charge is 0.239 e. The summed E-state index contributed by atoms with van der Waals surface area (Å²) in [6.45, 7) is 0. The van der Waals surface area contributed by atoms with E-state index in [1.165, 1.54) is 52.7 Å². The second kappa shape index (κ2) is 6.99. The third-order valence-corrected chi connectivity index (χ3v) is 4.07. The summed E-state index contributed by atoms with van der Waals surface area (Å²) in [7, 11) is 5.54. The molecule has 2 N–H and O–H groups in total. The molecule has 0 aliphatic carbocycles. The lowest BCUT2D eigenvalue weighted by Crippen LogP contribution is -2.08. The average molecular weight is 374 g/mol. The van der Waals surface area contributed by atoms with E-state index in [-0.39, 0.29) is 45.5 Å². The van der Waals surface area contributed by atoms with Crippen molar-refractivity contribution >= 4 is 11.0 Å². The minimum absolute atomic E-state index is 0.0406. The van der Waals surface area contributed by atoms with Gasteiger partial charge in [-0.2, -0.15) is 0 Å². The van der Waals surface area contributed by atoms with E-state index in [2.05, 4.69) is 0 Å². The van der Waals surface area contributed by atoms with Crippen molar-refractivity contribution in [2.24, 2.45) is 0 Å². The molecule has 2 aromatic carbocycles. The van der Waals surface area contributed by atoms with Gasteiger partial charge < -0.3 is 33.6 Å². The zero-order chi connectivity index (χ0) is 19.7. The Balaban J connectivity index is 2.38. The molecule has 0 saturated carbocycles. The molecule has 0 aliphatic heterocycles. The van der Waals surface area contributed by atoms with Crippen molar-refractivity contribution in [3.8, 4) is 45.8 Å². The van der Waals surface area contributed by atoms with Crippen molar-refractivity contribution in [1.29, 1.82) is 0 Å². The van der Waals surface area contributed by atoms with E-state index < -0.39 is 5.43 Å². The molecule has 3 aromatic rings. The molecule has 0 amide bonds. The Morgan fingerprint density at radius 3 is 2.11 bits per heavy atom. The van der Waals surface area contributed by atoms with Gasteiger partial charge in [-0.3, -0.25) is 4.79 Å². The van der Waals surface area contributed by atoms with Crippen LogP contribution in [-0.4, -0.2) is 38.7 Å². The summed E-state index contributed by atoms with van der Waals surface area (Å²) in [4.78, 5) is 12.8. The van der Waals surface area contributed by atoms with Crippen molar-refractivity contribution in [2.45, 2.75) is 0 Å². The fraction of sp³-hybridized carbons (Fsp3) is 0.211. The largest absolute Gasteiger partial charge is 0.507 e. The molecule has 0 spiro atoms. The maximum atomic E-state index is 12.8. The minimum Gasteiger partial charge on any atom is -0.507 e. The van der Waals surface area contributed by atoms with E-state index in [0.29, 0.717) is 11.3 Å². The normalized spacial score (nSPS) is 10.7. The third-order valence-electron chi connectivity index (χ3n) is 4.07. The summed E-state index contributed by atoms with van der Waals surface area (Å²) in [6, 6.07) is 5.67. The van der Waals surface area contributed by atoms with Gasteiger partial charge in [-0.15, -0.1) is 0 Å². The van der Waals surface area contributed by atoms with Crippen molar-refractivity contribution in [3.05, 3.63) is 34.5 Å². The van der Waals surface area contributed by atoms with E-state index in [4.69, 9.17) is 23.4 Å². The fourth-order valence-corrected chi connectivity index (χ4v) is 2.83. The standard InChI is InChI=1S/C19H18O8/c1-23-10-7-11(20)15-13(8-10)27-17(19(26-4)16(15)22)9-5-12(21)18(25-3)14(6-9)24-2/h5-8,20-21H,1-4H3. The molecule has 142 valence electrons. The Morgan fingerprint density at radius 1 is 0.815 bits per heavy atom. The second-order valence-corrected chi connectivity index (χ2v) is 5.54. The SMILES string of the molecule is COc1cc(O)c2c(=O)c(OC)c(-c3cc(O)c(OC)c(OC)c3)oc2c1. The maximum Gasteiger partial charge on any atom is 0.239 e. The number of benzene rings is 2. The van der Waals surface area contributed by atoms with Crippen LogP contribution in [0.25, 0.3) is 22.3 Å². The highest BCUT2D eigenvalue weighted by molar-refractivity contribution is 5.88. The first-order valence-corrected chi connectivity index (χ1v) is 7.82. The van der Waals surface area contributed by atoms with Gasteiger partial charge in [-0.1, -0.05) is 0 Å². The lowest BCUT2D eigenvalue weighted by atomic mass is 10.1. The number of aromatic hydroxyl groups is 2. The predicted octanol–water partition coefficient (Wildman–Crippen LogP) is 2.91. The Bertz CT molecular complexity index is 1070. The first-order chi connectivity index (χ1) is 12.9. The van der Waals surface area contributed by atoms with Crippen LogP contribution in [0.4, 0.5) is 0 Å². The second-order valence-electron chi connectivity index (χ2n) is 5.54. The summed E-state index contributed by atoms with van der Waals surface area (Å²) in [6.07, 6.45) is 0. The van der Waals surface area contributed by atoms with E-state index in [0.717, 1.165) is 0 Å². The lowest BCUT2D eigenvalue weighted by Gasteiger charge is -2.14. The van der Waals surface area contributed by atoms with Crippen molar-refractivity contribution < 1.29 is 33.6 Å². The molecule has 0 saturated heterocycles. The monoisotopic (exact) mass is 374 g/mol. The average Bonchev–Trinajstić information content (AvgIpc) is 2.66. The molecule has 0 unspecified atom stereocenters. The van der Waals surface area contributed by atoms with Crippen molar-refractivity contribution in [2.75, 3.05) is 28.4 Å². The van der Waals surface area contributed by atoms with E-state index >= 15 is 0 Å². The predicted molar refractivity (Wildman–Crippen MR) is 97.5 cm³/mol. The van der Waals surface area contributed by atoms with Gasteiger partial charge in [-0.25, -0.2) is 0 Å². The molecule has 0 aliphatic rings. The quantitative estimate of drug-likeness (QED) is 0.702. The third kappa shape index (κ3) is 2.95. The van der Waals surface area contributed by atoms with Gasteiger partial charge in [-0.05, 0) is 12.1 Å². The van der Waals surface area contributed by atoms with Crippen LogP contribution >= 0.6 is 0 Å². The Labute approximate surface area is 154 Å². The Morgan fingerprint density at radius 2 is 1.52 bits per heavy atom. The molecule has 3 rings (SSSR count). The van der Waals surface area contributed by atoms with Crippen LogP contribution in [-0.2, 0) is 0 Å². The van der Waals surface area contributed by atoms with E-state index in [9.17, 15) is 15.0 Å². The van der Waals surface area contributed by atoms with Crippen LogP contribution < -0.4 is 24.4 Å². The zero-order valence-electron chi connectivity index (χ0n) is 15.2. The molecular weight excluding hydrogens is 356 g/mol. The number of methoxy groups -OCH3 is 4. The number of hydrogen-bond donors (Lipinski definition) is 2. The zero-order valence-corrected chi connectivity index (χ0v) is 15.2. The molecule has 0 bridgehead atoms. The number of fused-ring (bicyclic) bond motifs is 1. The van der Waals surface area contributed by atoms with Gasteiger partial charge in [0.1, 0.15) is 22.5 Å². The van der Waals surface area contributed by atoms with E-state index in [1.54, 1.807) is 0 Å². The summed E-state index contributed by atoms with van der Waals surface area (Å²) in [5, 5.41) is 20.3. The summed E-state index contributed by atoms with van der Waals surface area (Å²) < 4.78 is 26.5. The first-order valence-electron chi connectivity index (χ1n) is 7.82. The number of phenols is 2. The highest BCUT2D eigenvalue weighted by atomic mass is 16.5. The number of phenolic OH excluding ortho intramolecular Hbond substituents is 2. The van der Waals surface area contributed by atoms with Crippen LogP contribution in [0.3, 0.4) is 0 Å². The summed E-state index contributed by atoms with van der Waals surface area (Å²) in [5.74, 6) is 0.125. The van der Waals surface area contributed by atoms with Crippen LogP contribution in [0.1, 0.15) is 0 Å². The Hall–Kier alpha value is -3.55. The van der Waals surface area contributed by atoms with Gasteiger partial charge >= 0.3 is 0 Å². The molecule has 0 atom stereocenters. The molecule has 27 heavy (non-hydrogen) atoms. The summed E-state index contributed by atoms with van der Waals surface area (Å²) >= 11 is 0. The van der Waals surface area contributed by atoms with Crippen LogP contribution in [0, 0.1) is 0 Å². The highest BCUT2D eigenvalue weighted by Crippen LogP contribution is 2.43. The molecular formula is C19H18O8.